The molecule has 0 spiro atoms. The lowest BCUT2D eigenvalue weighted by Gasteiger charge is -2.51. The van der Waals surface area contributed by atoms with Crippen LogP contribution in [0.1, 0.15) is 54.6 Å². The van der Waals surface area contributed by atoms with Gasteiger partial charge in [0.1, 0.15) is 22.8 Å². The van der Waals surface area contributed by atoms with Crippen molar-refractivity contribution in [2.24, 2.45) is 17.6 Å². The van der Waals surface area contributed by atoms with Crippen LogP contribution in [-0.4, -0.2) is 67.5 Å². The number of phenols is 1. The van der Waals surface area contributed by atoms with E-state index in [9.17, 15) is 48.0 Å². The molecule has 4 atom stereocenters. The van der Waals surface area contributed by atoms with E-state index in [1.54, 1.807) is 4.90 Å². The molecule has 1 aromatic carbocycles. The summed E-state index contributed by atoms with van der Waals surface area (Å²) >= 11 is 0. The average molecular weight is 539 g/mol. The maximum Gasteiger partial charge on any atom is 0.416 e. The van der Waals surface area contributed by atoms with Crippen molar-refractivity contribution >= 4 is 17.5 Å². The molecular weight excluding hydrogens is 509 g/mol. The van der Waals surface area contributed by atoms with Gasteiger partial charge in [-0.15, -0.1) is 0 Å². The van der Waals surface area contributed by atoms with Crippen LogP contribution in [0.5, 0.6) is 5.75 Å². The SMILES string of the molecule is CCCN(CCC)[C@@H]1C(O)=C(C(N)=O)C(=O)[C@@]2(O)C(O)=C3C(=O)c4c(O)ccc(C(F)(F)F)c4C[C@H]3C[C@@H]12. The number of hydrogen-bond donors (Lipinski definition) is 5. The number of aliphatic hydroxyl groups excluding tert-OH is 2. The first-order valence-electron chi connectivity index (χ1n) is 12.4. The number of aromatic hydroxyl groups is 1. The van der Waals surface area contributed by atoms with Crippen LogP contribution >= 0.6 is 0 Å². The van der Waals surface area contributed by atoms with E-state index in [4.69, 9.17) is 5.73 Å². The molecule has 3 aliphatic rings. The minimum atomic E-state index is -4.84. The summed E-state index contributed by atoms with van der Waals surface area (Å²) in [5.41, 5.74) is -1.15. The van der Waals surface area contributed by atoms with Crippen molar-refractivity contribution in [3.8, 4) is 5.75 Å². The minimum Gasteiger partial charge on any atom is -0.510 e. The predicted molar refractivity (Wildman–Crippen MR) is 127 cm³/mol. The fraction of sp³-hybridized carbons (Fsp3) is 0.500. The highest BCUT2D eigenvalue weighted by atomic mass is 19.4. The summed E-state index contributed by atoms with van der Waals surface area (Å²) in [6.07, 6.45) is -4.39. The third-order valence-electron chi connectivity index (χ3n) is 7.77. The van der Waals surface area contributed by atoms with Gasteiger partial charge in [0.25, 0.3) is 5.91 Å². The number of alkyl halides is 3. The van der Waals surface area contributed by atoms with Crippen LogP contribution < -0.4 is 5.73 Å². The minimum absolute atomic E-state index is 0.273. The number of phenolic OH excluding ortho intramolecular Hbond substituents is 1. The Bertz CT molecular complexity index is 1280. The van der Waals surface area contributed by atoms with Crippen molar-refractivity contribution in [2.75, 3.05) is 13.1 Å². The van der Waals surface area contributed by atoms with Gasteiger partial charge in [-0.25, -0.2) is 0 Å². The molecule has 0 heterocycles. The maximum atomic E-state index is 13.8. The molecule has 0 saturated heterocycles. The summed E-state index contributed by atoms with van der Waals surface area (Å²) in [7, 11) is 0. The number of rotatable bonds is 6. The number of Topliss-reactive ketones (excluding diaryl/α,β-unsaturated/α-hetero) is 2. The van der Waals surface area contributed by atoms with E-state index in [0.29, 0.717) is 32.0 Å². The Morgan fingerprint density at radius 3 is 2.26 bits per heavy atom. The van der Waals surface area contributed by atoms with Gasteiger partial charge in [-0.1, -0.05) is 13.8 Å². The number of aliphatic hydroxyl groups is 3. The highest BCUT2D eigenvalue weighted by Gasteiger charge is 2.63. The van der Waals surface area contributed by atoms with Crippen LogP contribution in [0.4, 0.5) is 13.2 Å². The number of carbonyl (C=O) groups excluding carboxylic acids is 3. The Morgan fingerprint density at radius 2 is 1.74 bits per heavy atom. The standard InChI is InChI=1S/C26H29F3N2O7/c1-3-7-31(8-4-2)19-14-10-11-9-12-13(26(27,28)29)5-6-15(32)17(12)20(33)16(11)22(35)25(14,38)23(36)18(21(19)34)24(30)37/h5-6,11,14,19,32,34-35,38H,3-4,7-10H2,1-2H3,(H2,30,37)/t11-,14-,19-,25-/m0/s1. The molecule has 4 rings (SSSR count). The number of fused-ring (bicyclic) bond motifs is 3. The third-order valence-corrected chi connectivity index (χ3v) is 7.77. The van der Waals surface area contributed by atoms with Gasteiger partial charge in [0.05, 0.1) is 17.2 Å². The first-order chi connectivity index (χ1) is 17.7. The van der Waals surface area contributed by atoms with Crippen LogP contribution in [0.25, 0.3) is 0 Å². The first-order valence-corrected chi connectivity index (χ1v) is 12.4. The van der Waals surface area contributed by atoms with Gasteiger partial charge in [-0.3, -0.25) is 19.3 Å². The molecule has 0 radical (unpaired) electrons. The lowest BCUT2D eigenvalue weighted by atomic mass is 9.58. The van der Waals surface area contributed by atoms with Crippen molar-refractivity contribution in [3.05, 3.63) is 51.5 Å². The summed E-state index contributed by atoms with van der Waals surface area (Å²) in [5, 5.41) is 44.4. The normalized spacial score (nSPS) is 27.4. The number of allylic oxidation sites excluding steroid dienone is 1. The second-order valence-corrected chi connectivity index (χ2v) is 10.0. The Labute approximate surface area is 216 Å². The summed E-state index contributed by atoms with van der Waals surface area (Å²) in [6, 6.07) is 0.200. The van der Waals surface area contributed by atoms with Crippen LogP contribution in [0, 0.1) is 11.8 Å². The van der Waals surface area contributed by atoms with Crippen molar-refractivity contribution in [1.29, 1.82) is 0 Å². The zero-order valence-electron chi connectivity index (χ0n) is 20.8. The molecule has 12 heteroatoms. The van der Waals surface area contributed by atoms with Crippen LogP contribution in [0.2, 0.25) is 0 Å². The summed E-state index contributed by atoms with van der Waals surface area (Å²) in [6.45, 7) is 4.39. The maximum absolute atomic E-state index is 13.8. The number of amides is 1. The van der Waals surface area contributed by atoms with E-state index >= 15 is 0 Å². The van der Waals surface area contributed by atoms with E-state index < -0.39 is 98.7 Å². The summed E-state index contributed by atoms with van der Waals surface area (Å²) in [5.74, 6) is -8.83. The molecule has 0 bridgehead atoms. The lowest BCUT2D eigenvalue weighted by molar-refractivity contribution is -0.149. The Kier molecular flexibility index (Phi) is 6.86. The van der Waals surface area contributed by atoms with E-state index in [1.807, 2.05) is 13.8 Å². The number of benzene rings is 1. The van der Waals surface area contributed by atoms with Gasteiger partial charge in [0.2, 0.25) is 5.78 Å². The number of ketones is 2. The van der Waals surface area contributed by atoms with Gasteiger partial charge in [0, 0.05) is 11.5 Å². The molecule has 0 aromatic heterocycles. The van der Waals surface area contributed by atoms with E-state index in [1.165, 1.54) is 0 Å². The van der Waals surface area contributed by atoms with Gasteiger partial charge in [-0.05, 0) is 62.4 Å². The van der Waals surface area contributed by atoms with Crippen molar-refractivity contribution < 1.29 is 48.0 Å². The van der Waals surface area contributed by atoms with Crippen molar-refractivity contribution in [1.82, 2.24) is 4.90 Å². The topological polar surface area (TPSA) is 161 Å². The van der Waals surface area contributed by atoms with Crippen molar-refractivity contribution in [2.45, 2.75) is 57.3 Å². The molecule has 0 unspecified atom stereocenters. The fourth-order valence-corrected chi connectivity index (χ4v) is 6.30. The number of halogens is 3. The first kappa shape index (κ1) is 27.6. The molecule has 1 amide bonds. The van der Waals surface area contributed by atoms with E-state index in [-0.39, 0.29) is 6.42 Å². The molecular formula is C26H29F3N2O7. The highest BCUT2D eigenvalue weighted by Crippen LogP contribution is 2.53. The molecule has 6 N–H and O–H groups in total. The summed E-state index contributed by atoms with van der Waals surface area (Å²) in [4.78, 5) is 40.8. The quantitative estimate of drug-likeness (QED) is 0.346. The van der Waals surface area contributed by atoms with Gasteiger partial charge < -0.3 is 26.2 Å². The smallest absolute Gasteiger partial charge is 0.416 e. The molecule has 38 heavy (non-hydrogen) atoms. The molecule has 0 fully saturated rings. The van der Waals surface area contributed by atoms with Crippen LogP contribution in [-0.2, 0) is 22.2 Å². The molecule has 9 nitrogen and oxygen atoms in total. The average Bonchev–Trinajstić information content (AvgIpc) is 2.80. The number of nitrogens with two attached hydrogens (primary N) is 1. The van der Waals surface area contributed by atoms with Crippen LogP contribution in [0.3, 0.4) is 0 Å². The van der Waals surface area contributed by atoms with Gasteiger partial charge >= 0.3 is 6.18 Å². The number of primary amides is 1. The van der Waals surface area contributed by atoms with Crippen LogP contribution in [0.15, 0.2) is 34.8 Å². The molecule has 1 aromatic rings. The zero-order chi connectivity index (χ0) is 28.3. The lowest BCUT2D eigenvalue weighted by Crippen LogP contribution is -2.64. The molecule has 0 saturated carbocycles. The third kappa shape index (κ3) is 3.89. The highest BCUT2D eigenvalue weighted by molar-refractivity contribution is 6.24. The Hall–Kier alpha value is -3.38. The number of nitrogens with zero attached hydrogens (tertiary/aromatic N) is 1. The number of hydrogen-bond acceptors (Lipinski definition) is 8. The Balaban J connectivity index is 1.97. The largest absolute Gasteiger partial charge is 0.510 e. The predicted octanol–water partition coefficient (Wildman–Crippen LogP) is 2.70. The van der Waals surface area contributed by atoms with Crippen molar-refractivity contribution in [3.63, 3.8) is 0 Å². The summed E-state index contributed by atoms with van der Waals surface area (Å²) < 4.78 is 41.4. The molecule has 3 aliphatic carbocycles. The molecule has 206 valence electrons. The second kappa shape index (κ2) is 9.42. The number of carbonyl (C=O) groups is 3. The Morgan fingerprint density at radius 1 is 1.13 bits per heavy atom. The zero-order valence-corrected chi connectivity index (χ0v) is 20.8. The van der Waals surface area contributed by atoms with E-state index in [0.717, 1.165) is 6.07 Å². The second-order valence-electron chi connectivity index (χ2n) is 10.0. The van der Waals surface area contributed by atoms with Gasteiger partial charge in [-0.2, -0.15) is 13.2 Å². The molecule has 0 aliphatic heterocycles. The van der Waals surface area contributed by atoms with E-state index in [2.05, 4.69) is 0 Å². The fourth-order valence-electron chi connectivity index (χ4n) is 6.30. The van der Waals surface area contributed by atoms with Gasteiger partial charge in [0.15, 0.2) is 11.4 Å². The monoisotopic (exact) mass is 538 g/mol.